The zero-order valence-electron chi connectivity index (χ0n) is 12.5. The number of hydrogen-bond donors (Lipinski definition) is 2. The Morgan fingerprint density at radius 2 is 2.22 bits per heavy atom. The Hall–Kier alpha value is -2.60. The van der Waals surface area contributed by atoms with Crippen molar-refractivity contribution in [2.45, 2.75) is 13.3 Å². The number of nitrogens with one attached hydrogen (secondary N) is 2. The minimum atomic E-state index is -0.238. The van der Waals surface area contributed by atoms with Crippen molar-refractivity contribution in [3.63, 3.8) is 0 Å². The van der Waals surface area contributed by atoms with Crippen molar-refractivity contribution in [1.82, 2.24) is 20.4 Å². The van der Waals surface area contributed by atoms with Crippen molar-refractivity contribution in [3.05, 3.63) is 58.8 Å². The van der Waals surface area contributed by atoms with Crippen molar-refractivity contribution in [1.29, 1.82) is 0 Å². The number of benzene rings is 1. The summed E-state index contributed by atoms with van der Waals surface area (Å²) in [7, 11) is 0. The molecule has 3 rings (SSSR count). The number of hydrogen-bond acceptors (Lipinski definition) is 4. The van der Waals surface area contributed by atoms with Crippen LogP contribution in [0.5, 0.6) is 0 Å². The van der Waals surface area contributed by atoms with Crippen LogP contribution in [0.1, 0.15) is 21.7 Å². The van der Waals surface area contributed by atoms with Gasteiger partial charge < -0.3 is 14.8 Å². The summed E-state index contributed by atoms with van der Waals surface area (Å²) < 4.78 is 5.32. The quantitative estimate of drug-likeness (QED) is 0.753. The molecule has 0 radical (unpaired) electrons. The first-order valence-electron chi connectivity index (χ1n) is 7.13. The summed E-state index contributed by atoms with van der Waals surface area (Å²) in [5, 5.41) is 7.28. The van der Waals surface area contributed by atoms with E-state index in [1.54, 1.807) is 31.6 Å². The van der Waals surface area contributed by atoms with Crippen molar-refractivity contribution in [3.8, 4) is 11.3 Å². The summed E-state index contributed by atoms with van der Waals surface area (Å²) in [6.45, 7) is 2.21. The number of nitrogens with zero attached hydrogens (tertiary/aromatic N) is 2. The maximum absolute atomic E-state index is 12.5. The molecule has 3 aromatic rings. The Balaban J connectivity index is 1.78. The Bertz CT molecular complexity index is 811. The van der Waals surface area contributed by atoms with Gasteiger partial charge in [-0.05, 0) is 19.1 Å². The number of aromatic nitrogens is 3. The van der Waals surface area contributed by atoms with E-state index in [2.05, 4.69) is 20.4 Å². The third-order valence-electron chi connectivity index (χ3n) is 3.44. The summed E-state index contributed by atoms with van der Waals surface area (Å²) in [4.78, 5) is 19.4. The molecular formula is C16H15ClN4O2. The Labute approximate surface area is 137 Å². The second-order valence-corrected chi connectivity index (χ2v) is 5.44. The predicted molar refractivity (Wildman–Crippen MR) is 86.3 cm³/mol. The Morgan fingerprint density at radius 3 is 2.96 bits per heavy atom. The molecule has 118 valence electrons. The van der Waals surface area contributed by atoms with Gasteiger partial charge in [-0.2, -0.15) is 0 Å². The van der Waals surface area contributed by atoms with Crippen LogP contribution < -0.4 is 5.32 Å². The normalized spacial score (nSPS) is 10.7. The Morgan fingerprint density at radius 1 is 1.39 bits per heavy atom. The molecule has 1 amide bonds. The molecule has 6 nitrogen and oxygen atoms in total. The largest absolute Gasteiger partial charge is 0.355 e. The number of H-pyrrole nitrogens is 1. The minimum absolute atomic E-state index is 0.238. The molecule has 0 spiro atoms. The molecule has 0 aliphatic rings. The van der Waals surface area contributed by atoms with Crippen LogP contribution in [-0.4, -0.2) is 27.6 Å². The number of rotatable bonds is 5. The molecule has 23 heavy (non-hydrogen) atoms. The smallest absolute Gasteiger partial charge is 0.257 e. The highest BCUT2D eigenvalue weighted by molar-refractivity contribution is 6.33. The highest BCUT2D eigenvalue weighted by atomic mass is 35.5. The fraction of sp³-hybridized carbons (Fsp3) is 0.188. The van der Waals surface area contributed by atoms with Crippen molar-refractivity contribution < 1.29 is 9.32 Å². The highest BCUT2D eigenvalue weighted by Gasteiger charge is 2.22. The van der Waals surface area contributed by atoms with Gasteiger partial charge in [0.2, 0.25) is 0 Å². The number of carbonyl (C=O) groups is 1. The van der Waals surface area contributed by atoms with Gasteiger partial charge in [-0.3, -0.25) is 4.79 Å². The van der Waals surface area contributed by atoms with Crippen LogP contribution in [0.3, 0.4) is 0 Å². The van der Waals surface area contributed by atoms with E-state index in [4.69, 9.17) is 16.1 Å². The lowest BCUT2D eigenvalue weighted by Crippen LogP contribution is -2.26. The van der Waals surface area contributed by atoms with Gasteiger partial charge in [0.25, 0.3) is 5.91 Å². The van der Waals surface area contributed by atoms with Crippen LogP contribution >= 0.6 is 11.6 Å². The molecule has 0 atom stereocenters. The van der Waals surface area contributed by atoms with Crippen molar-refractivity contribution in [2.75, 3.05) is 6.54 Å². The molecule has 0 aliphatic carbocycles. The third kappa shape index (κ3) is 3.27. The van der Waals surface area contributed by atoms with E-state index in [1.807, 2.05) is 12.1 Å². The number of halogens is 1. The fourth-order valence-electron chi connectivity index (χ4n) is 2.29. The number of imidazole rings is 1. The van der Waals surface area contributed by atoms with E-state index in [9.17, 15) is 4.79 Å². The van der Waals surface area contributed by atoms with Crippen molar-refractivity contribution in [2.24, 2.45) is 0 Å². The van der Waals surface area contributed by atoms with Gasteiger partial charge in [0.1, 0.15) is 5.56 Å². The maximum Gasteiger partial charge on any atom is 0.257 e. The van der Waals surface area contributed by atoms with Crippen LogP contribution in [0.15, 0.2) is 41.3 Å². The predicted octanol–water partition coefficient (Wildman–Crippen LogP) is 3.00. The number of carbonyl (C=O) groups excluding carboxylic acids is 1. The van der Waals surface area contributed by atoms with Crippen LogP contribution in [0.25, 0.3) is 11.3 Å². The molecule has 7 heteroatoms. The molecule has 0 unspecified atom stereocenters. The van der Waals surface area contributed by atoms with Gasteiger partial charge in [-0.25, -0.2) is 4.98 Å². The van der Waals surface area contributed by atoms with E-state index in [0.717, 1.165) is 5.69 Å². The van der Waals surface area contributed by atoms with Gasteiger partial charge in [0, 0.05) is 30.4 Å². The molecular weight excluding hydrogens is 316 g/mol. The number of amides is 1. The van der Waals surface area contributed by atoms with E-state index in [0.29, 0.717) is 40.6 Å². The molecule has 1 aromatic carbocycles. The molecule has 0 aliphatic heterocycles. The van der Waals surface area contributed by atoms with Gasteiger partial charge in [-0.1, -0.05) is 28.9 Å². The number of aryl methyl sites for hydroxylation is 1. The SMILES string of the molecule is Cc1noc(-c2ccccc2Cl)c1C(=O)NCCc1cnc[nH]1. The molecule has 2 heterocycles. The Kier molecular flexibility index (Phi) is 4.43. The van der Waals surface area contributed by atoms with E-state index in [-0.39, 0.29) is 5.91 Å². The molecule has 0 saturated carbocycles. The minimum Gasteiger partial charge on any atom is -0.355 e. The monoisotopic (exact) mass is 330 g/mol. The second kappa shape index (κ2) is 6.66. The van der Waals surface area contributed by atoms with Crippen LogP contribution in [0, 0.1) is 6.92 Å². The van der Waals surface area contributed by atoms with Gasteiger partial charge in [0.05, 0.1) is 17.0 Å². The van der Waals surface area contributed by atoms with E-state index < -0.39 is 0 Å². The summed E-state index contributed by atoms with van der Waals surface area (Å²) in [6.07, 6.45) is 4.00. The van der Waals surface area contributed by atoms with Gasteiger partial charge >= 0.3 is 0 Å². The molecule has 0 bridgehead atoms. The fourth-order valence-corrected chi connectivity index (χ4v) is 2.51. The lowest BCUT2D eigenvalue weighted by Gasteiger charge is -2.06. The van der Waals surface area contributed by atoms with E-state index in [1.165, 1.54) is 0 Å². The lowest BCUT2D eigenvalue weighted by atomic mass is 10.1. The summed E-state index contributed by atoms with van der Waals surface area (Å²) in [6, 6.07) is 7.19. The third-order valence-corrected chi connectivity index (χ3v) is 3.77. The molecule has 2 N–H and O–H groups in total. The second-order valence-electron chi connectivity index (χ2n) is 5.03. The maximum atomic E-state index is 12.5. The average molecular weight is 331 g/mol. The average Bonchev–Trinajstić information content (AvgIpc) is 3.17. The van der Waals surface area contributed by atoms with Crippen molar-refractivity contribution >= 4 is 17.5 Å². The summed E-state index contributed by atoms with van der Waals surface area (Å²) in [5.41, 5.74) is 2.54. The van der Waals surface area contributed by atoms with Gasteiger partial charge in [0.15, 0.2) is 5.76 Å². The zero-order chi connectivity index (χ0) is 16.2. The van der Waals surface area contributed by atoms with Gasteiger partial charge in [-0.15, -0.1) is 0 Å². The van der Waals surface area contributed by atoms with Crippen LogP contribution in [-0.2, 0) is 6.42 Å². The molecule has 0 saturated heterocycles. The first-order chi connectivity index (χ1) is 11.2. The van der Waals surface area contributed by atoms with E-state index >= 15 is 0 Å². The lowest BCUT2D eigenvalue weighted by molar-refractivity contribution is 0.0954. The first-order valence-corrected chi connectivity index (χ1v) is 7.51. The standard InChI is InChI=1S/C16H15ClN4O2/c1-10-14(16(22)19-7-6-11-8-18-9-20-11)15(23-21-10)12-4-2-3-5-13(12)17/h2-5,8-9H,6-7H2,1H3,(H,18,20)(H,19,22). The van der Waals surface area contributed by atoms with Crippen LogP contribution in [0.2, 0.25) is 5.02 Å². The topological polar surface area (TPSA) is 83.8 Å². The highest BCUT2D eigenvalue weighted by Crippen LogP contribution is 2.31. The van der Waals surface area contributed by atoms with Crippen LogP contribution in [0.4, 0.5) is 0 Å². The molecule has 2 aromatic heterocycles. The zero-order valence-corrected chi connectivity index (χ0v) is 13.2. The summed E-state index contributed by atoms with van der Waals surface area (Å²) in [5.74, 6) is 0.144. The number of aromatic amines is 1. The summed E-state index contributed by atoms with van der Waals surface area (Å²) >= 11 is 6.19. The first kappa shape index (κ1) is 15.3. The molecule has 0 fully saturated rings.